The van der Waals surface area contributed by atoms with Gasteiger partial charge in [0.05, 0.1) is 19.8 Å². The van der Waals surface area contributed by atoms with Crippen LogP contribution in [-0.2, 0) is 0 Å². The van der Waals surface area contributed by atoms with Gasteiger partial charge in [0.2, 0.25) is 0 Å². The molecule has 0 aliphatic heterocycles. The molecule has 0 amide bonds. The van der Waals surface area contributed by atoms with Crippen LogP contribution in [0.2, 0.25) is 0 Å². The highest BCUT2D eigenvalue weighted by atomic mass is 19.1. The molecule has 0 aliphatic rings. The van der Waals surface area contributed by atoms with Gasteiger partial charge in [-0.15, -0.1) is 0 Å². The number of rotatable bonds is 9. The van der Waals surface area contributed by atoms with Crippen molar-refractivity contribution >= 4 is 0 Å². The zero-order valence-electron chi connectivity index (χ0n) is 14.4. The smallest absolute Gasteiger partial charge is 0.123 e. The molecule has 0 saturated heterocycles. The average molecular weight is 349 g/mol. The molecule has 0 fully saturated rings. The molecule has 0 spiro atoms. The largest absolute Gasteiger partial charge is 0.497 e. The van der Waals surface area contributed by atoms with E-state index in [2.05, 4.69) is 0 Å². The Balaban J connectivity index is 1.88. The van der Waals surface area contributed by atoms with Crippen molar-refractivity contribution in [2.75, 3.05) is 33.9 Å². The predicted octanol–water partition coefficient (Wildman–Crippen LogP) is 2.24. The second kappa shape index (κ2) is 9.36. The number of likely N-dealkylation sites (N-methyl/N-ethyl adjacent to an activating group) is 1. The monoisotopic (exact) mass is 349 g/mol. The van der Waals surface area contributed by atoms with Gasteiger partial charge in [-0.1, -0.05) is 12.1 Å². The maximum atomic E-state index is 12.9. The van der Waals surface area contributed by atoms with Crippen molar-refractivity contribution < 1.29 is 24.1 Å². The molecule has 0 radical (unpaired) electrons. The minimum Gasteiger partial charge on any atom is -0.497 e. The fourth-order valence-corrected chi connectivity index (χ4v) is 2.56. The fourth-order valence-electron chi connectivity index (χ4n) is 2.56. The summed E-state index contributed by atoms with van der Waals surface area (Å²) in [6.45, 7) is 0.323. The Kier molecular flexibility index (Phi) is 7.18. The van der Waals surface area contributed by atoms with Crippen LogP contribution >= 0.6 is 0 Å². The first kappa shape index (κ1) is 19.2. The molecule has 5 nitrogen and oxygen atoms in total. The van der Waals surface area contributed by atoms with Crippen LogP contribution in [0.15, 0.2) is 48.5 Å². The van der Waals surface area contributed by atoms with E-state index in [1.54, 1.807) is 7.11 Å². The molecule has 2 rings (SSSR count). The number of nitrogens with zero attached hydrogens (tertiary/aromatic N) is 1. The van der Waals surface area contributed by atoms with Crippen molar-refractivity contribution in [3.05, 3.63) is 59.9 Å². The Morgan fingerprint density at radius 2 is 1.64 bits per heavy atom. The van der Waals surface area contributed by atoms with Gasteiger partial charge in [0.25, 0.3) is 0 Å². The summed E-state index contributed by atoms with van der Waals surface area (Å²) in [5.74, 6) is 0.908. The summed E-state index contributed by atoms with van der Waals surface area (Å²) in [4.78, 5) is 1.86. The van der Waals surface area contributed by atoms with Crippen LogP contribution in [0.5, 0.6) is 11.5 Å². The van der Waals surface area contributed by atoms with Crippen LogP contribution < -0.4 is 9.47 Å². The van der Waals surface area contributed by atoms with Gasteiger partial charge in [0.15, 0.2) is 0 Å². The van der Waals surface area contributed by atoms with E-state index in [-0.39, 0.29) is 25.1 Å². The maximum Gasteiger partial charge on any atom is 0.123 e. The number of benzene rings is 2. The lowest BCUT2D eigenvalue weighted by Crippen LogP contribution is -2.36. The maximum absolute atomic E-state index is 12.9. The lowest BCUT2D eigenvalue weighted by Gasteiger charge is -2.28. The van der Waals surface area contributed by atoms with Crippen LogP contribution in [0.25, 0.3) is 0 Å². The van der Waals surface area contributed by atoms with Gasteiger partial charge < -0.3 is 19.7 Å². The van der Waals surface area contributed by atoms with E-state index < -0.39 is 6.10 Å². The molecular weight excluding hydrogens is 325 g/mol. The third-order valence-corrected chi connectivity index (χ3v) is 3.96. The number of hydrogen-bond donors (Lipinski definition) is 2. The number of aliphatic hydroxyl groups is 2. The Hall–Kier alpha value is -2.15. The zero-order chi connectivity index (χ0) is 18.2. The molecule has 136 valence electrons. The van der Waals surface area contributed by atoms with E-state index >= 15 is 0 Å². The number of halogens is 1. The highest BCUT2D eigenvalue weighted by Gasteiger charge is 2.19. The van der Waals surface area contributed by atoms with Gasteiger partial charge >= 0.3 is 0 Å². The molecule has 2 N–H and O–H groups in total. The zero-order valence-corrected chi connectivity index (χ0v) is 14.4. The van der Waals surface area contributed by atoms with E-state index in [4.69, 9.17) is 9.47 Å². The molecule has 25 heavy (non-hydrogen) atoms. The van der Waals surface area contributed by atoms with Crippen LogP contribution in [0.1, 0.15) is 11.6 Å². The second-order valence-corrected chi connectivity index (χ2v) is 5.83. The second-order valence-electron chi connectivity index (χ2n) is 5.83. The van der Waals surface area contributed by atoms with Crippen LogP contribution in [0.3, 0.4) is 0 Å². The Labute approximate surface area is 147 Å². The van der Waals surface area contributed by atoms with Gasteiger partial charge in [0.1, 0.15) is 30.0 Å². The first-order chi connectivity index (χ1) is 12.0. The van der Waals surface area contributed by atoms with Crippen molar-refractivity contribution in [1.29, 1.82) is 0 Å². The molecule has 2 aromatic carbocycles. The van der Waals surface area contributed by atoms with Crippen LogP contribution in [-0.4, -0.2) is 55.1 Å². The summed E-state index contributed by atoms with van der Waals surface area (Å²) in [6.07, 6.45) is -0.748. The molecule has 2 atom stereocenters. The predicted molar refractivity (Wildman–Crippen MR) is 93.4 cm³/mol. The number of hydrogen-bond acceptors (Lipinski definition) is 5. The van der Waals surface area contributed by atoms with Gasteiger partial charge in [-0.2, -0.15) is 0 Å². The molecular formula is C19H24FNO4. The van der Waals surface area contributed by atoms with E-state index in [0.717, 1.165) is 11.3 Å². The summed E-state index contributed by atoms with van der Waals surface area (Å²) in [5.41, 5.74) is 0.928. The normalized spacial score (nSPS) is 13.5. The third kappa shape index (κ3) is 5.70. The molecule has 0 aliphatic carbocycles. The lowest BCUT2D eigenvalue weighted by atomic mass is 10.1. The van der Waals surface area contributed by atoms with Crippen LogP contribution in [0, 0.1) is 5.82 Å². The number of methoxy groups -OCH3 is 1. The Morgan fingerprint density at radius 3 is 2.20 bits per heavy atom. The minimum atomic E-state index is -0.748. The first-order valence-electron chi connectivity index (χ1n) is 8.05. The quantitative estimate of drug-likeness (QED) is 0.727. The van der Waals surface area contributed by atoms with Crippen molar-refractivity contribution in [3.8, 4) is 11.5 Å². The fraction of sp³-hybridized carbons (Fsp3) is 0.368. The van der Waals surface area contributed by atoms with Crippen molar-refractivity contribution in [1.82, 2.24) is 4.90 Å². The minimum absolute atomic E-state index is 0.0750. The summed E-state index contributed by atoms with van der Waals surface area (Å²) in [6, 6.07) is 12.8. The average Bonchev–Trinajstić information content (AvgIpc) is 2.62. The highest BCUT2D eigenvalue weighted by molar-refractivity contribution is 5.29. The van der Waals surface area contributed by atoms with E-state index in [9.17, 15) is 14.6 Å². The van der Waals surface area contributed by atoms with Gasteiger partial charge in [-0.25, -0.2) is 4.39 Å². The summed E-state index contributed by atoms with van der Waals surface area (Å²) in [7, 11) is 3.42. The van der Waals surface area contributed by atoms with Crippen molar-refractivity contribution in [2.45, 2.75) is 12.1 Å². The topological polar surface area (TPSA) is 62.2 Å². The van der Waals surface area contributed by atoms with Crippen molar-refractivity contribution in [2.24, 2.45) is 0 Å². The van der Waals surface area contributed by atoms with Crippen molar-refractivity contribution in [3.63, 3.8) is 0 Å². The molecule has 2 unspecified atom stereocenters. The number of ether oxygens (including phenoxy) is 2. The summed E-state index contributed by atoms with van der Waals surface area (Å²) < 4.78 is 23.4. The molecule has 0 heterocycles. The molecule has 0 saturated carbocycles. The van der Waals surface area contributed by atoms with Gasteiger partial charge in [-0.05, 0) is 49.0 Å². The standard InChI is InChI=1S/C19H24FNO4/c1-21(19(12-22)14-3-7-17(24-2)8-4-14)11-16(23)13-25-18-9-5-15(20)6-10-18/h3-10,16,19,22-23H,11-13H2,1-2H3. The first-order valence-corrected chi connectivity index (χ1v) is 8.05. The Bertz CT molecular complexity index is 633. The Morgan fingerprint density at radius 1 is 1.04 bits per heavy atom. The SMILES string of the molecule is COc1ccc(C(CO)N(C)CC(O)COc2ccc(F)cc2)cc1. The summed E-state index contributed by atoms with van der Waals surface area (Å²) in [5, 5.41) is 19.9. The van der Waals surface area contributed by atoms with Crippen LogP contribution in [0.4, 0.5) is 4.39 Å². The molecule has 0 aromatic heterocycles. The number of aliphatic hydroxyl groups excluding tert-OH is 2. The lowest BCUT2D eigenvalue weighted by molar-refractivity contribution is 0.0500. The highest BCUT2D eigenvalue weighted by Crippen LogP contribution is 2.22. The molecule has 6 heteroatoms. The van der Waals surface area contributed by atoms with E-state index in [0.29, 0.717) is 12.3 Å². The molecule has 0 bridgehead atoms. The third-order valence-electron chi connectivity index (χ3n) is 3.96. The molecule has 2 aromatic rings. The van der Waals surface area contributed by atoms with E-state index in [1.807, 2.05) is 36.2 Å². The van der Waals surface area contributed by atoms with E-state index in [1.165, 1.54) is 24.3 Å². The van der Waals surface area contributed by atoms with Gasteiger partial charge in [0, 0.05) is 6.54 Å². The summed E-state index contributed by atoms with van der Waals surface area (Å²) >= 11 is 0. The van der Waals surface area contributed by atoms with Gasteiger partial charge in [-0.3, -0.25) is 4.90 Å².